The third-order valence-electron chi connectivity index (χ3n) is 4.52. The highest BCUT2D eigenvalue weighted by atomic mass is 35.5. The summed E-state index contributed by atoms with van der Waals surface area (Å²) in [5.41, 5.74) is 1.73. The molecule has 2 N–H and O–H groups in total. The van der Waals surface area contributed by atoms with E-state index in [0.717, 1.165) is 18.7 Å². The molecule has 28 heavy (non-hydrogen) atoms. The van der Waals surface area contributed by atoms with Crippen molar-refractivity contribution in [1.82, 2.24) is 9.62 Å². The number of carbonyl (C=O) groups is 1. The van der Waals surface area contributed by atoms with E-state index in [2.05, 4.69) is 14.9 Å². The van der Waals surface area contributed by atoms with Crippen molar-refractivity contribution in [3.05, 3.63) is 58.6 Å². The van der Waals surface area contributed by atoms with Crippen molar-refractivity contribution >= 4 is 33.2 Å². The largest absolute Gasteiger partial charge is 0.379 e. The molecule has 1 amide bonds. The Morgan fingerprint density at radius 3 is 2.61 bits per heavy atom. The van der Waals surface area contributed by atoms with Crippen molar-refractivity contribution in [2.24, 2.45) is 0 Å². The SMILES string of the molecule is CNS(=O)(=O)c1ccc(Cl)c(C(=O)Nc2ccccc2CN2CCOCC2)c1. The average Bonchev–Trinajstić information content (AvgIpc) is 2.70. The molecule has 0 bridgehead atoms. The highest BCUT2D eigenvalue weighted by Crippen LogP contribution is 2.24. The third-order valence-corrected chi connectivity index (χ3v) is 6.27. The fourth-order valence-corrected chi connectivity index (χ4v) is 3.89. The molecule has 0 unspecified atom stereocenters. The zero-order chi connectivity index (χ0) is 20.1. The lowest BCUT2D eigenvalue weighted by molar-refractivity contribution is 0.0342. The van der Waals surface area contributed by atoms with E-state index in [4.69, 9.17) is 16.3 Å². The van der Waals surface area contributed by atoms with Gasteiger partial charge in [-0.1, -0.05) is 29.8 Å². The Labute approximate surface area is 169 Å². The molecule has 0 radical (unpaired) electrons. The first-order valence-electron chi connectivity index (χ1n) is 8.83. The van der Waals surface area contributed by atoms with Gasteiger partial charge >= 0.3 is 0 Å². The van der Waals surface area contributed by atoms with E-state index in [9.17, 15) is 13.2 Å². The number of para-hydroxylation sites is 1. The summed E-state index contributed by atoms with van der Waals surface area (Å²) in [6.07, 6.45) is 0. The highest BCUT2D eigenvalue weighted by Gasteiger charge is 2.19. The van der Waals surface area contributed by atoms with Gasteiger partial charge in [-0.15, -0.1) is 0 Å². The van der Waals surface area contributed by atoms with Gasteiger partial charge in [0.2, 0.25) is 10.0 Å². The molecule has 3 rings (SSSR count). The monoisotopic (exact) mass is 423 g/mol. The molecule has 2 aromatic rings. The molecule has 2 aromatic carbocycles. The van der Waals surface area contributed by atoms with Gasteiger partial charge < -0.3 is 10.1 Å². The van der Waals surface area contributed by atoms with Crippen molar-refractivity contribution in [3.63, 3.8) is 0 Å². The van der Waals surface area contributed by atoms with Crippen LogP contribution in [0.15, 0.2) is 47.4 Å². The number of hydrogen-bond donors (Lipinski definition) is 2. The number of anilines is 1. The molecule has 1 saturated heterocycles. The summed E-state index contributed by atoms with van der Waals surface area (Å²) in [5.74, 6) is -0.465. The number of nitrogens with one attached hydrogen (secondary N) is 2. The quantitative estimate of drug-likeness (QED) is 0.744. The lowest BCUT2D eigenvalue weighted by atomic mass is 10.1. The van der Waals surface area contributed by atoms with Crippen molar-refractivity contribution in [2.45, 2.75) is 11.4 Å². The number of halogens is 1. The number of benzene rings is 2. The van der Waals surface area contributed by atoms with Gasteiger partial charge in [-0.05, 0) is 36.9 Å². The van der Waals surface area contributed by atoms with E-state index in [1.54, 1.807) is 0 Å². The summed E-state index contributed by atoms with van der Waals surface area (Å²) in [4.78, 5) is 15.0. The first-order chi connectivity index (χ1) is 13.4. The van der Waals surface area contributed by atoms with Crippen LogP contribution in [-0.2, 0) is 21.3 Å². The standard InChI is InChI=1S/C19H22ClN3O4S/c1-21-28(25,26)15-6-7-17(20)16(12-15)19(24)22-18-5-3-2-4-14(18)13-23-8-10-27-11-9-23/h2-7,12,21H,8-11,13H2,1H3,(H,22,24). The molecule has 1 heterocycles. The van der Waals surface area contributed by atoms with Crippen molar-refractivity contribution in [3.8, 4) is 0 Å². The van der Waals surface area contributed by atoms with Crippen LogP contribution in [0.2, 0.25) is 5.02 Å². The van der Waals surface area contributed by atoms with Gasteiger partial charge in [0.25, 0.3) is 5.91 Å². The van der Waals surface area contributed by atoms with Crippen LogP contribution >= 0.6 is 11.6 Å². The Morgan fingerprint density at radius 2 is 1.89 bits per heavy atom. The molecule has 1 fully saturated rings. The predicted molar refractivity (Wildman–Crippen MR) is 108 cm³/mol. The first kappa shape index (κ1) is 20.8. The lowest BCUT2D eigenvalue weighted by Gasteiger charge is -2.27. The topological polar surface area (TPSA) is 87.7 Å². The van der Waals surface area contributed by atoms with Crippen LogP contribution < -0.4 is 10.0 Å². The molecule has 1 aliphatic rings. The van der Waals surface area contributed by atoms with Crippen LogP contribution in [0.5, 0.6) is 0 Å². The maximum absolute atomic E-state index is 12.8. The maximum atomic E-state index is 12.8. The summed E-state index contributed by atoms with van der Waals surface area (Å²) >= 11 is 6.15. The van der Waals surface area contributed by atoms with Crippen LogP contribution in [0.25, 0.3) is 0 Å². The Bertz CT molecular complexity index is 959. The zero-order valence-electron chi connectivity index (χ0n) is 15.4. The molecule has 9 heteroatoms. The van der Waals surface area contributed by atoms with E-state index in [1.807, 2.05) is 24.3 Å². The summed E-state index contributed by atoms with van der Waals surface area (Å²) in [6.45, 7) is 3.73. The molecule has 0 saturated carbocycles. The normalized spacial score (nSPS) is 15.4. The van der Waals surface area contributed by atoms with Gasteiger partial charge in [0.15, 0.2) is 0 Å². The van der Waals surface area contributed by atoms with Gasteiger partial charge in [0, 0.05) is 25.3 Å². The van der Waals surface area contributed by atoms with E-state index in [0.29, 0.717) is 25.4 Å². The zero-order valence-corrected chi connectivity index (χ0v) is 17.0. The second kappa shape index (κ2) is 9.02. The van der Waals surface area contributed by atoms with Crippen LogP contribution in [0.1, 0.15) is 15.9 Å². The Kier molecular flexibility index (Phi) is 6.69. The Hall–Kier alpha value is -1.97. The smallest absolute Gasteiger partial charge is 0.257 e. The maximum Gasteiger partial charge on any atom is 0.257 e. The minimum atomic E-state index is -3.68. The minimum absolute atomic E-state index is 0.0221. The van der Waals surface area contributed by atoms with Gasteiger partial charge in [0.05, 0.1) is 28.7 Å². The summed E-state index contributed by atoms with van der Waals surface area (Å²) < 4.78 is 31.6. The van der Waals surface area contributed by atoms with Crippen LogP contribution in [-0.4, -0.2) is 52.6 Å². The minimum Gasteiger partial charge on any atom is -0.379 e. The third kappa shape index (κ3) is 4.89. The molecule has 150 valence electrons. The number of nitrogens with zero attached hydrogens (tertiary/aromatic N) is 1. The first-order valence-corrected chi connectivity index (χ1v) is 10.7. The van der Waals surface area contributed by atoms with Crippen molar-refractivity contribution in [1.29, 1.82) is 0 Å². The number of carbonyl (C=O) groups excluding carboxylic acids is 1. The van der Waals surface area contributed by atoms with Gasteiger partial charge in [-0.3, -0.25) is 9.69 Å². The highest BCUT2D eigenvalue weighted by molar-refractivity contribution is 7.89. The number of morpholine rings is 1. The summed E-state index contributed by atoms with van der Waals surface area (Å²) in [7, 11) is -2.37. The van der Waals surface area contributed by atoms with Gasteiger partial charge in [-0.25, -0.2) is 13.1 Å². The number of hydrogen-bond acceptors (Lipinski definition) is 5. The second-order valence-corrected chi connectivity index (χ2v) is 8.64. The fraction of sp³-hybridized carbons (Fsp3) is 0.316. The van der Waals surface area contributed by atoms with E-state index >= 15 is 0 Å². The number of amides is 1. The molecular formula is C19H22ClN3O4S. The van der Waals surface area contributed by atoms with Crippen LogP contribution in [0.4, 0.5) is 5.69 Å². The van der Waals surface area contributed by atoms with Gasteiger partial charge in [-0.2, -0.15) is 0 Å². The number of rotatable bonds is 6. The Balaban J connectivity index is 1.83. The molecule has 0 atom stereocenters. The molecule has 0 aromatic heterocycles. The Morgan fingerprint density at radius 1 is 1.18 bits per heavy atom. The van der Waals surface area contributed by atoms with E-state index in [1.165, 1.54) is 25.2 Å². The van der Waals surface area contributed by atoms with E-state index < -0.39 is 15.9 Å². The van der Waals surface area contributed by atoms with Crippen molar-refractivity contribution in [2.75, 3.05) is 38.7 Å². The number of ether oxygens (including phenoxy) is 1. The van der Waals surface area contributed by atoms with Crippen molar-refractivity contribution < 1.29 is 17.9 Å². The molecular weight excluding hydrogens is 402 g/mol. The predicted octanol–water partition coefficient (Wildman–Crippen LogP) is 2.33. The lowest BCUT2D eigenvalue weighted by Crippen LogP contribution is -2.35. The van der Waals surface area contributed by atoms with E-state index in [-0.39, 0.29) is 15.5 Å². The molecule has 0 aliphatic carbocycles. The van der Waals surface area contributed by atoms with Crippen LogP contribution in [0.3, 0.4) is 0 Å². The summed E-state index contributed by atoms with van der Waals surface area (Å²) in [5, 5.41) is 3.04. The second-order valence-electron chi connectivity index (χ2n) is 6.35. The summed E-state index contributed by atoms with van der Waals surface area (Å²) in [6, 6.07) is 11.6. The fourth-order valence-electron chi connectivity index (χ4n) is 2.93. The number of sulfonamides is 1. The van der Waals surface area contributed by atoms with Gasteiger partial charge in [0.1, 0.15) is 0 Å². The molecule has 7 nitrogen and oxygen atoms in total. The molecule has 1 aliphatic heterocycles. The molecule has 0 spiro atoms. The average molecular weight is 424 g/mol. The van der Waals surface area contributed by atoms with Crippen LogP contribution in [0, 0.1) is 0 Å².